The van der Waals surface area contributed by atoms with Crippen molar-refractivity contribution in [3.05, 3.63) is 47.5 Å². The number of allylic oxidation sites excluding steroid dienone is 1. The van der Waals surface area contributed by atoms with Crippen molar-refractivity contribution in [3.63, 3.8) is 0 Å². The van der Waals surface area contributed by atoms with Crippen molar-refractivity contribution in [2.75, 3.05) is 6.61 Å². The zero-order valence-corrected chi connectivity index (χ0v) is 12.7. The molecule has 1 unspecified atom stereocenters. The van der Waals surface area contributed by atoms with Crippen LogP contribution in [-0.4, -0.2) is 28.5 Å². The Labute approximate surface area is 121 Å². The lowest BCUT2D eigenvalue weighted by Gasteiger charge is -2.24. The Kier molecular flexibility index (Phi) is 6.93. The van der Waals surface area contributed by atoms with Crippen molar-refractivity contribution in [2.24, 2.45) is 0 Å². The van der Waals surface area contributed by atoms with Gasteiger partial charge >= 0.3 is 0 Å². The third-order valence-electron chi connectivity index (χ3n) is 3.29. The van der Waals surface area contributed by atoms with E-state index in [2.05, 4.69) is 0 Å². The maximum Gasteiger partial charge on any atom is 0.0849 e. The van der Waals surface area contributed by atoms with Crippen LogP contribution in [0.4, 0.5) is 0 Å². The van der Waals surface area contributed by atoms with Crippen molar-refractivity contribution < 1.29 is 14.9 Å². The molecule has 2 N–H and O–H groups in total. The van der Waals surface area contributed by atoms with Crippen LogP contribution in [0.15, 0.2) is 42.0 Å². The van der Waals surface area contributed by atoms with Gasteiger partial charge in [0.15, 0.2) is 0 Å². The van der Waals surface area contributed by atoms with Crippen LogP contribution in [0.5, 0.6) is 0 Å². The number of hydrogen-bond acceptors (Lipinski definition) is 3. The molecule has 0 spiro atoms. The second-order valence-electron chi connectivity index (χ2n) is 5.76. The predicted molar refractivity (Wildman–Crippen MR) is 81.4 cm³/mol. The Morgan fingerprint density at radius 1 is 1.30 bits per heavy atom. The van der Waals surface area contributed by atoms with Gasteiger partial charge in [-0.1, -0.05) is 42.0 Å². The average Bonchev–Trinajstić information content (AvgIpc) is 2.41. The van der Waals surface area contributed by atoms with E-state index in [1.807, 2.05) is 43.3 Å². The van der Waals surface area contributed by atoms with Gasteiger partial charge in [-0.05, 0) is 39.2 Å². The summed E-state index contributed by atoms with van der Waals surface area (Å²) < 4.78 is 5.58. The molecular formula is C17H26O3. The van der Waals surface area contributed by atoms with Gasteiger partial charge in [0, 0.05) is 0 Å². The molecule has 0 bridgehead atoms. The molecule has 0 aliphatic heterocycles. The highest BCUT2D eigenvalue weighted by atomic mass is 16.5. The monoisotopic (exact) mass is 278 g/mol. The number of hydrogen-bond donors (Lipinski definition) is 2. The number of rotatable bonds is 8. The predicted octanol–water partition coefficient (Wildman–Crippen LogP) is 3.06. The van der Waals surface area contributed by atoms with Crippen LogP contribution in [0.3, 0.4) is 0 Å². The molecule has 1 aromatic rings. The van der Waals surface area contributed by atoms with Crippen molar-refractivity contribution in [3.8, 4) is 0 Å². The lowest BCUT2D eigenvalue weighted by Crippen LogP contribution is -2.35. The second-order valence-corrected chi connectivity index (χ2v) is 5.76. The summed E-state index contributed by atoms with van der Waals surface area (Å²) in [6.45, 7) is 6.44. The summed E-state index contributed by atoms with van der Waals surface area (Å²) in [6.07, 6.45) is 2.65. The van der Waals surface area contributed by atoms with Crippen LogP contribution >= 0.6 is 0 Å². The molecule has 0 aliphatic carbocycles. The molecule has 0 heterocycles. The van der Waals surface area contributed by atoms with Crippen molar-refractivity contribution >= 4 is 0 Å². The third kappa shape index (κ3) is 6.85. The highest BCUT2D eigenvalue weighted by Gasteiger charge is 2.23. The minimum atomic E-state index is -1.04. The zero-order chi connectivity index (χ0) is 15.0. The van der Waals surface area contributed by atoms with Gasteiger partial charge in [0.2, 0.25) is 0 Å². The van der Waals surface area contributed by atoms with Crippen molar-refractivity contribution in [2.45, 2.75) is 51.9 Å². The maximum atomic E-state index is 9.75. The quantitative estimate of drug-likeness (QED) is 0.567. The molecule has 112 valence electrons. The number of aliphatic hydroxyl groups is 2. The van der Waals surface area contributed by atoms with Crippen LogP contribution in [0.1, 0.15) is 39.2 Å². The Morgan fingerprint density at radius 3 is 2.55 bits per heavy atom. The highest BCUT2D eigenvalue weighted by molar-refractivity contribution is 5.13. The van der Waals surface area contributed by atoms with Gasteiger partial charge in [0.25, 0.3) is 0 Å². The molecular weight excluding hydrogens is 252 g/mol. The van der Waals surface area contributed by atoms with Crippen LogP contribution in [-0.2, 0) is 11.3 Å². The summed E-state index contributed by atoms with van der Waals surface area (Å²) in [7, 11) is 0. The van der Waals surface area contributed by atoms with Crippen molar-refractivity contribution in [1.29, 1.82) is 0 Å². The van der Waals surface area contributed by atoms with E-state index in [0.29, 0.717) is 19.6 Å². The lowest BCUT2D eigenvalue weighted by atomic mass is 9.96. The zero-order valence-electron chi connectivity index (χ0n) is 12.7. The fraction of sp³-hybridized carbons (Fsp3) is 0.529. The Hall–Kier alpha value is -1.16. The number of ether oxygens (including phenoxy) is 1. The van der Waals surface area contributed by atoms with Gasteiger partial charge in [0.1, 0.15) is 0 Å². The second kappa shape index (κ2) is 8.20. The summed E-state index contributed by atoms with van der Waals surface area (Å²) in [5, 5.41) is 19.4. The summed E-state index contributed by atoms with van der Waals surface area (Å²) >= 11 is 0. The van der Waals surface area contributed by atoms with Crippen molar-refractivity contribution in [1.82, 2.24) is 0 Å². The molecule has 1 atom stereocenters. The molecule has 1 aromatic carbocycles. The SMILES string of the molecule is CC(=CCOCc1ccccc1)CCC(O)C(C)(C)O. The van der Waals surface area contributed by atoms with E-state index in [9.17, 15) is 10.2 Å². The largest absolute Gasteiger partial charge is 0.390 e. The minimum absolute atomic E-state index is 0.560. The molecule has 0 saturated carbocycles. The molecule has 3 nitrogen and oxygen atoms in total. The van der Waals surface area contributed by atoms with Gasteiger partial charge in [-0.3, -0.25) is 0 Å². The van der Waals surface area contributed by atoms with Crippen LogP contribution in [0.2, 0.25) is 0 Å². The lowest BCUT2D eigenvalue weighted by molar-refractivity contribution is -0.0509. The van der Waals surface area contributed by atoms with E-state index in [0.717, 1.165) is 12.0 Å². The van der Waals surface area contributed by atoms with E-state index < -0.39 is 11.7 Å². The summed E-state index contributed by atoms with van der Waals surface area (Å²) in [6, 6.07) is 10.1. The summed E-state index contributed by atoms with van der Waals surface area (Å²) in [4.78, 5) is 0. The molecule has 0 saturated heterocycles. The van der Waals surface area contributed by atoms with Gasteiger partial charge in [-0.25, -0.2) is 0 Å². The van der Waals surface area contributed by atoms with E-state index in [4.69, 9.17) is 4.74 Å². The summed E-state index contributed by atoms with van der Waals surface area (Å²) in [5.74, 6) is 0. The Balaban J connectivity index is 2.22. The molecule has 0 fully saturated rings. The number of benzene rings is 1. The van der Waals surface area contributed by atoms with Gasteiger partial charge < -0.3 is 14.9 Å². The molecule has 0 aliphatic rings. The minimum Gasteiger partial charge on any atom is -0.390 e. The van der Waals surface area contributed by atoms with Gasteiger partial charge in [-0.2, -0.15) is 0 Å². The first-order valence-corrected chi connectivity index (χ1v) is 7.07. The first-order chi connectivity index (χ1) is 9.39. The highest BCUT2D eigenvalue weighted by Crippen LogP contribution is 2.16. The van der Waals surface area contributed by atoms with Gasteiger partial charge in [0.05, 0.1) is 24.9 Å². The van der Waals surface area contributed by atoms with Crippen LogP contribution < -0.4 is 0 Å². The molecule has 0 amide bonds. The molecule has 1 rings (SSSR count). The number of aliphatic hydroxyl groups excluding tert-OH is 1. The molecule has 0 radical (unpaired) electrons. The standard InChI is InChI=1S/C17H26O3/c1-14(9-10-16(18)17(2,3)19)11-12-20-13-15-7-5-4-6-8-15/h4-8,11,16,18-19H,9-10,12-13H2,1-3H3. The first-order valence-electron chi connectivity index (χ1n) is 7.07. The first kappa shape index (κ1) is 16.9. The fourth-order valence-electron chi connectivity index (χ4n) is 1.77. The topological polar surface area (TPSA) is 49.7 Å². The van der Waals surface area contributed by atoms with E-state index in [1.165, 1.54) is 5.57 Å². The molecule has 0 aromatic heterocycles. The smallest absolute Gasteiger partial charge is 0.0849 e. The maximum absolute atomic E-state index is 9.75. The van der Waals surface area contributed by atoms with E-state index in [1.54, 1.807) is 13.8 Å². The van der Waals surface area contributed by atoms with Crippen LogP contribution in [0.25, 0.3) is 0 Å². The third-order valence-corrected chi connectivity index (χ3v) is 3.29. The summed E-state index contributed by atoms with van der Waals surface area (Å²) in [5.41, 5.74) is 1.29. The average molecular weight is 278 g/mol. The Bertz CT molecular complexity index is 404. The fourth-order valence-corrected chi connectivity index (χ4v) is 1.77. The van der Waals surface area contributed by atoms with Gasteiger partial charge in [-0.15, -0.1) is 0 Å². The molecule has 3 heteroatoms. The van der Waals surface area contributed by atoms with E-state index in [-0.39, 0.29) is 0 Å². The Morgan fingerprint density at radius 2 is 1.95 bits per heavy atom. The van der Waals surface area contributed by atoms with E-state index >= 15 is 0 Å². The normalized spacial score (nSPS) is 14.3. The molecule has 20 heavy (non-hydrogen) atoms. The van der Waals surface area contributed by atoms with Crippen LogP contribution in [0, 0.1) is 0 Å².